The van der Waals surface area contributed by atoms with Crippen LogP contribution in [-0.4, -0.2) is 43.2 Å². The van der Waals surface area contributed by atoms with Crippen LogP contribution in [0, 0.1) is 5.82 Å². The minimum absolute atomic E-state index is 0.520. The summed E-state index contributed by atoms with van der Waals surface area (Å²) in [4.78, 5) is 20.7. The SMILES string of the molecule is NC(=O)C(O)CNS(=O)(=O)c1ccc(F)c(C(=O)O)c1. The van der Waals surface area contributed by atoms with Crippen molar-refractivity contribution in [2.45, 2.75) is 11.0 Å². The van der Waals surface area contributed by atoms with E-state index in [1.54, 1.807) is 0 Å². The molecular weight excluding hydrogens is 295 g/mol. The first-order chi connectivity index (χ1) is 9.15. The Bertz CT molecular complexity index is 645. The van der Waals surface area contributed by atoms with Crippen molar-refractivity contribution >= 4 is 21.9 Å². The first-order valence-corrected chi connectivity index (χ1v) is 6.63. The normalized spacial score (nSPS) is 12.9. The number of primary amides is 1. The number of aromatic carboxylic acids is 1. The van der Waals surface area contributed by atoms with Crippen LogP contribution >= 0.6 is 0 Å². The zero-order valence-corrected chi connectivity index (χ0v) is 10.7. The van der Waals surface area contributed by atoms with E-state index in [-0.39, 0.29) is 0 Å². The molecule has 5 N–H and O–H groups in total. The summed E-state index contributed by atoms with van der Waals surface area (Å²) >= 11 is 0. The van der Waals surface area contributed by atoms with Crippen LogP contribution in [0.4, 0.5) is 4.39 Å². The number of nitrogens with one attached hydrogen (secondary N) is 1. The van der Waals surface area contributed by atoms with E-state index in [9.17, 15) is 22.4 Å². The monoisotopic (exact) mass is 306 g/mol. The van der Waals surface area contributed by atoms with E-state index >= 15 is 0 Å². The molecule has 1 rings (SSSR count). The van der Waals surface area contributed by atoms with Gasteiger partial charge in [-0.3, -0.25) is 4.79 Å². The second-order valence-electron chi connectivity index (χ2n) is 3.72. The number of rotatable bonds is 6. The first-order valence-electron chi connectivity index (χ1n) is 5.15. The molecule has 1 aromatic rings. The number of amides is 1. The van der Waals surface area contributed by atoms with Crippen molar-refractivity contribution in [2.24, 2.45) is 5.73 Å². The first kappa shape index (κ1) is 16.0. The fraction of sp³-hybridized carbons (Fsp3) is 0.200. The van der Waals surface area contributed by atoms with E-state index in [0.717, 1.165) is 6.07 Å². The molecule has 0 aliphatic rings. The number of halogens is 1. The quantitative estimate of drug-likeness (QED) is 0.511. The Balaban J connectivity index is 3.01. The number of hydrogen-bond acceptors (Lipinski definition) is 5. The third-order valence-electron chi connectivity index (χ3n) is 2.27. The Morgan fingerprint density at radius 3 is 2.50 bits per heavy atom. The van der Waals surface area contributed by atoms with Gasteiger partial charge >= 0.3 is 5.97 Å². The van der Waals surface area contributed by atoms with Gasteiger partial charge in [-0.25, -0.2) is 22.3 Å². The lowest BCUT2D eigenvalue weighted by Crippen LogP contribution is -2.39. The zero-order valence-electron chi connectivity index (χ0n) is 9.91. The van der Waals surface area contributed by atoms with E-state index in [4.69, 9.17) is 15.9 Å². The predicted octanol–water partition coefficient (Wildman–Crippen LogP) is -1.35. The molecule has 0 saturated heterocycles. The number of benzene rings is 1. The number of hydrogen-bond donors (Lipinski definition) is 4. The molecule has 8 nitrogen and oxygen atoms in total. The lowest BCUT2D eigenvalue weighted by molar-refractivity contribution is -0.125. The standard InChI is InChI=1S/C10H11FN2O6S/c11-7-2-1-5(3-6(7)10(16)17)20(18,19)13-4-8(14)9(12)15/h1-3,8,13-14H,4H2,(H2,12,15)(H,16,17). The Kier molecular flexibility index (Phi) is 4.76. The molecule has 20 heavy (non-hydrogen) atoms. The number of carbonyl (C=O) groups is 2. The maximum absolute atomic E-state index is 13.1. The highest BCUT2D eigenvalue weighted by Gasteiger charge is 2.21. The minimum atomic E-state index is -4.21. The summed E-state index contributed by atoms with van der Waals surface area (Å²) in [6.45, 7) is -0.683. The summed E-state index contributed by atoms with van der Waals surface area (Å²) in [7, 11) is -4.21. The molecule has 0 saturated carbocycles. The van der Waals surface area contributed by atoms with Gasteiger partial charge in [-0.15, -0.1) is 0 Å². The van der Waals surface area contributed by atoms with Crippen LogP contribution in [-0.2, 0) is 14.8 Å². The van der Waals surface area contributed by atoms with E-state index in [2.05, 4.69) is 0 Å². The molecule has 1 amide bonds. The predicted molar refractivity (Wildman–Crippen MR) is 63.7 cm³/mol. The van der Waals surface area contributed by atoms with Gasteiger partial charge < -0.3 is 15.9 Å². The van der Waals surface area contributed by atoms with Gasteiger partial charge in [0.25, 0.3) is 0 Å². The van der Waals surface area contributed by atoms with Gasteiger partial charge in [-0.05, 0) is 18.2 Å². The van der Waals surface area contributed by atoms with Crippen molar-refractivity contribution in [2.75, 3.05) is 6.54 Å². The average molecular weight is 306 g/mol. The summed E-state index contributed by atoms with van der Waals surface area (Å²) < 4.78 is 38.5. The van der Waals surface area contributed by atoms with Crippen LogP contribution < -0.4 is 10.5 Å². The Labute approximate surface area is 113 Å². The topological polar surface area (TPSA) is 147 Å². The Hall–Kier alpha value is -2.04. The van der Waals surface area contributed by atoms with Crippen molar-refractivity contribution < 1.29 is 32.6 Å². The summed E-state index contributed by atoms with van der Waals surface area (Å²) in [5.74, 6) is -3.84. The van der Waals surface area contributed by atoms with E-state index in [0.29, 0.717) is 12.1 Å². The average Bonchev–Trinajstić information content (AvgIpc) is 2.35. The summed E-state index contributed by atoms with van der Waals surface area (Å²) in [5, 5.41) is 17.8. The molecule has 1 atom stereocenters. The third kappa shape index (κ3) is 3.73. The van der Waals surface area contributed by atoms with Gasteiger partial charge in [0.05, 0.1) is 10.5 Å². The largest absolute Gasteiger partial charge is 0.478 e. The van der Waals surface area contributed by atoms with Crippen molar-refractivity contribution in [3.05, 3.63) is 29.6 Å². The van der Waals surface area contributed by atoms with Gasteiger partial charge in [-0.2, -0.15) is 0 Å². The fourth-order valence-electron chi connectivity index (χ4n) is 1.21. The van der Waals surface area contributed by atoms with Crippen LogP contribution in [0.15, 0.2) is 23.1 Å². The molecule has 0 heterocycles. The molecule has 0 fully saturated rings. The number of aliphatic hydroxyl groups is 1. The number of carboxylic acid groups (broad SMARTS) is 1. The highest BCUT2D eigenvalue weighted by molar-refractivity contribution is 7.89. The fourth-order valence-corrected chi connectivity index (χ4v) is 2.27. The van der Waals surface area contributed by atoms with Crippen molar-refractivity contribution in [1.82, 2.24) is 4.72 Å². The van der Waals surface area contributed by atoms with E-state index in [1.165, 1.54) is 0 Å². The van der Waals surface area contributed by atoms with Crippen molar-refractivity contribution in [3.8, 4) is 0 Å². The summed E-state index contributed by atoms with van der Waals surface area (Å²) in [5.41, 5.74) is 3.92. The highest BCUT2D eigenvalue weighted by Crippen LogP contribution is 2.15. The van der Waals surface area contributed by atoms with Gasteiger partial charge in [0.2, 0.25) is 15.9 Å². The summed E-state index contributed by atoms with van der Waals surface area (Å²) in [6, 6.07) is 2.15. The molecule has 1 unspecified atom stereocenters. The van der Waals surface area contributed by atoms with Crippen LogP contribution in [0.5, 0.6) is 0 Å². The number of carboxylic acids is 1. The molecule has 0 bridgehead atoms. The molecule has 10 heteroatoms. The van der Waals surface area contributed by atoms with E-state index < -0.39 is 50.8 Å². The van der Waals surface area contributed by atoms with E-state index in [1.807, 2.05) is 4.72 Å². The lowest BCUT2D eigenvalue weighted by Gasteiger charge is -2.10. The molecular formula is C10H11FN2O6S. The number of aliphatic hydroxyl groups excluding tert-OH is 1. The van der Waals surface area contributed by atoms with Crippen LogP contribution in [0.2, 0.25) is 0 Å². The molecule has 0 aliphatic carbocycles. The van der Waals surface area contributed by atoms with Crippen molar-refractivity contribution in [3.63, 3.8) is 0 Å². The number of nitrogens with two attached hydrogens (primary N) is 1. The van der Waals surface area contributed by atoms with Gasteiger partial charge in [0.15, 0.2) is 0 Å². The maximum atomic E-state index is 13.1. The Morgan fingerprint density at radius 2 is 2.00 bits per heavy atom. The maximum Gasteiger partial charge on any atom is 0.338 e. The van der Waals surface area contributed by atoms with Gasteiger partial charge in [-0.1, -0.05) is 0 Å². The molecule has 110 valence electrons. The summed E-state index contributed by atoms with van der Waals surface area (Å²) in [6.07, 6.45) is -1.73. The lowest BCUT2D eigenvalue weighted by atomic mass is 10.2. The Morgan fingerprint density at radius 1 is 1.40 bits per heavy atom. The number of sulfonamides is 1. The van der Waals surface area contributed by atoms with Crippen molar-refractivity contribution in [1.29, 1.82) is 0 Å². The smallest absolute Gasteiger partial charge is 0.338 e. The second kappa shape index (κ2) is 5.94. The van der Waals surface area contributed by atoms with Gasteiger partial charge in [0.1, 0.15) is 11.9 Å². The third-order valence-corrected chi connectivity index (χ3v) is 3.69. The zero-order chi connectivity index (χ0) is 15.5. The minimum Gasteiger partial charge on any atom is -0.478 e. The molecule has 0 radical (unpaired) electrons. The molecule has 0 spiro atoms. The molecule has 0 aromatic heterocycles. The highest BCUT2D eigenvalue weighted by atomic mass is 32.2. The van der Waals surface area contributed by atoms with Crippen LogP contribution in [0.25, 0.3) is 0 Å². The second-order valence-corrected chi connectivity index (χ2v) is 5.48. The molecule has 1 aromatic carbocycles. The van der Waals surface area contributed by atoms with Crippen LogP contribution in [0.1, 0.15) is 10.4 Å². The van der Waals surface area contributed by atoms with Gasteiger partial charge in [0, 0.05) is 6.54 Å². The number of carbonyl (C=O) groups excluding carboxylic acids is 1. The van der Waals surface area contributed by atoms with Crippen LogP contribution in [0.3, 0.4) is 0 Å². The molecule has 0 aliphatic heterocycles.